The lowest BCUT2D eigenvalue weighted by Gasteiger charge is -2.26. The molecule has 7 nitrogen and oxygen atoms in total. The molecule has 12 heteroatoms. The lowest BCUT2D eigenvalue weighted by atomic mass is 9.95. The molecule has 1 aliphatic rings. The number of fused-ring (bicyclic) bond motifs is 1. The Labute approximate surface area is 193 Å². The van der Waals surface area contributed by atoms with Gasteiger partial charge in [-0.3, -0.25) is 0 Å². The van der Waals surface area contributed by atoms with E-state index in [4.69, 9.17) is 0 Å². The average molecular weight is 496 g/mol. The zero-order chi connectivity index (χ0) is 24.7. The van der Waals surface area contributed by atoms with E-state index in [2.05, 4.69) is 16.0 Å². The van der Waals surface area contributed by atoms with Crippen LogP contribution < -0.4 is 4.72 Å². The van der Waals surface area contributed by atoms with Gasteiger partial charge in [0, 0.05) is 11.4 Å². The summed E-state index contributed by atoms with van der Waals surface area (Å²) in [5, 5.41) is 10.4. The molecule has 0 bridgehead atoms. The van der Waals surface area contributed by atoms with Crippen molar-refractivity contribution in [3.63, 3.8) is 0 Å². The minimum atomic E-state index is -4.76. The van der Waals surface area contributed by atoms with Crippen LogP contribution in [-0.2, 0) is 10.0 Å². The van der Waals surface area contributed by atoms with E-state index in [0.717, 1.165) is 44.5 Å². The first-order valence-corrected chi connectivity index (χ1v) is 12.2. The zero-order valence-corrected chi connectivity index (χ0v) is 18.9. The summed E-state index contributed by atoms with van der Waals surface area (Å²) in [4.78, 5) is 7.63. The maximum absolute atomic E-state index is 14.1. The maximum Gasteiger partial charge on any atom is 0.404 e. The molecule has 1 aliphatic carbocycles. The highest BCUT2D eigenvalue weighted by molar-refractivity contribution is 7.89. The van der Waals surface area contributed by atoms with Crippen LogP contribution in [0.2, 0.25) is 0 Å². The van der Waals surface area contributed by atoms with Crippen molar-refractivity contribution in [2.75, 3.05) is 0 Å². The van der Waals surface area contributed by atoms with Crippen LogP contribution >= 0.6 is 0 Å². The Morgan fingerprint density at radius 3 is 2.41 bits per heavy atom. The largest absolute Gasteiger partial charge is 0.404 e. The summed E-state index contributed by atoms with van der Waals surface area (Å²) in [5.41, 5.74) is 1.06. The number of nitrogens with zero attached hydrogens (tertiary/aromatic N) is 4. The Balaban J connectivity index is 1.82. The maximum atomic E-state index is 14.1. The third kappa shape index (κ3) is 4.50. The second-order valence-corrected chi connectivity index (χ2v) is 10.00. The third-order valence-electron chi connectivity index (χ3n) is 5.99. The molecular weight excluding hydrogens is 474 g/mol. The highest BCUT2D eigenvalue weighted by atomic mass is 32.2. The van der Waals surface area contributed by atoms with E-state index in [1.165, 1.54) is 18.2 Å². The van der Waals surface area contributed by atoms with Crippen LogP contribution in [-0.4, -0.2) is 35.2 Å². The molecule has 34 heavy (non-hydrogen) atoms. The minimum absolute atomic E-state index is 0.0292. The Morgan fingerprint density at radius 2 is 1.82 bits per heavy atom. The van der Waals surface area contributed by atoms with Gasteiger partial charge in [-0.2, -0.15) is 23.2 Å². The van der Waals surface area contributed by atoms with E-state index >= 15 is 0 Å². The van der Waals surface area contributed by atoms with Gasteiger partial charge in [0.2, 0.25) is 10.0 Å². The van der Waals surface area contributed by atoms with Crippen LogP contribution in [0.5, 0.6) is 0 Å². The third-order valence-corrected chi connectivity index (χ3v) is 7.49. The highest BCUT2D eigenvalue weighted by Crippen LogP contribution is 2.39. The molecule has 0 spiro atoms. The van der Waals surface area contributed by atoms with Gasteiger partial charge in [0.15, 0.2) is 5.82 Å². The fourth-order valence-electron chi connectivity index (χ4n) is 4.28. The summed E-state index contributed by atoms with van der Waals surface area (Å²) in [5.74, 6) is -0.438. The number of halogens is 4. The van der Waals surface area contributed by atoms with Gasteiger partial charge in [0.05, 0.1) is 23.5 Å². The van der Waals surface area contributed by atoms with Crippen molar-refractivity contribution in [3.8, 4) is 17.6 Å². The van der Waals surface area contributed by atoms with Crippen LogP contribution in [0.1, 0.15) is 50.6 Å². The zero-order valence-electron chi connectivity index (χ0n) is 18.1. The highest BCUT2D eigenvalue weighted by Gasteiger charge is 2.39. The molecular formula is C22H21F4N5O2S. The molecule has 1 fully saturated rings. The van der Waals surface area contributed by atoms with E-state index in [9.17, 15) is 31.2 Å². The van der Waals surface area contributed by atoms with E-state index in [-0.39, 0.29) is 17.4 Å². The normalized spacial score (nSPS) is 16.5. The lowest BCUT2D eigenvalue weighted by molar-refractivity contribution is -0.147. The summed E-state index contributed by atoms with van der Waals surface area (Å²) in [6.45, 7) is 0.688. The predicted molar refractivity (Wildman–Crippen MR) is 116 cm³/mol. The van der Waals surface area contributed by atoms with Gasteiger partial charge in [-0.15, -0.1) is 0 Å². The number of alkyl halides is 3. The fraction of sp³-hybridized carbons (Fsp3) is 0.409. The summed E-state index contributed by atoms with van der Waals surface area (Å²) in [6.07, 6.45) is 1.65. The molecule has 1 N–H and O–H groups in total. The van der Waals surface area contributed by atoms with Gasteiger partial charge in [0.1, 0.15) is 28.5 Å². The van der Waals surface area contributed by atoms with Gasteiger partial charge in [-0.1, -0.05) is 19.3 Å². The van der Waals surface area contributed by atoms with Crippen molar-refractivity contribution in [2.24, 2.45) is 0 Å². The summed E-state index contributed by atoms with van der Waals surface area (Å²) < 4.78 is 80.6. The van der Waals surface area contributed by atoms with Crippen molar-refractivity contribution in [2.45, 2.75) is 62.2 Å². The first-order chi connectivity index (χ1) is 16.0. The Hall–Kier alpha value is -3.04. The fourth-order valence-corrected chi connectivity index (χ4v) is 5.40. The number of nitriles is 1. The molecule has 2 heterocycles. The summed E-state index contributed by atoms with van der Waals surface area (Å²) in [6, 6.07) is 3.90. The topological polar surface area (TPSA) is 101 Å². The minimum Gasteiger partial charge on any atom is -0.334 e. The van der Waals surface area contributed by atoms with Crippen LogP contribution in [0.15, 0.2) is 35.5 Å². The molecule has 1 aromatic carbocycles. The van der Waals surface area contributed by atoms with Crippen molar-refractivity contribution in [3.05, 3.63) is 42.0 Å². The summed E-state index contributed by atoms with van der Waals surface area (Å²) in [7, 11) is -4.53. The molecule has 180 valence electrons. The van der Waals surface area contributed by atoms with Crippen molar-refractivity contribution >= 4 is 20.9 Å². The molecule has 0 unspecified atom stereocenters. The number of aromatic nitrogens is 3. The molecule has 1 saturated carbocycles. The van der Waals surface area contributed by atoms with Gasteiger partial charge in [0.25, 0.3) is 0 Å². The van der Waals surface area contributed by atoms with E-state index < -0.39 is 33.0 Å². The molecule has 1 atom stereocenters. The van der Waals surface area contributed by atoms with Gasteiger partial charge in [-0.05, 0) is 38.0 Å². The standard InChI is InChI=1S/C22H21F4N5O2S/c1-13(22(24,25)26)30-34(32,33)16-11-28-21(29-12-16)20-18(10-27)17-8-7-14(23)9-19(17)31(20)15-5-3-2-4-6-15/h7-9,11-13,15,30H,2-6H2,1H3/t13-/m0/s1. The molecule has 4 rings (SSSR count). The van der Waals surface area contributed by atoms with E-state index in [1.807, 2.05) is 4.57 Å². The van der Waals surface area contributed by atoms with Gasteiger partial charge < -0.3 is 4.57 Å². The number of rotatable bonds is 5. The Bertz CT molecular complexity index is 1360. The van der Waals surface area contributed by atoms with Crippen LogP contribution in [0.25, 0.3) is 22.4 Å². The van der Waals surface area contributed by atoms with Crippen LogP contribution in [0.4, 0.5) is 17.6 Å². The number of sulfonamides is 1. The molecule has 3 aromatic rings. The van der Waals surface area contributed by atoms with E-state index in [0.29, 0.717) is 23.5 Å². The molecule has 0 aliphatic heterocycles. The number of benzene rings is 1. The second-order valence-electron chi connectivity index (χ2n) is 8.29. The predicted octanol–water partition coefficient (Wildman–Crippen LogP) is 4.84. The van der Waals surface area contributed by atoms with E-state index in [1.54, 1.807) is 4.72 Å². The molecule has 0 radical (unpaired) electrons. The van der Waals surface area contributed by atoms with Crippen molar-refractivity contribution in [1.82, 2.24) is 19.3 Å². The Morgan fingerprint density at radius 1 is 1.18 bits per heavy atom. The summed E-state index contributed by atoms with van der Waals surface area (Å²) >= 11 is 0. The number of nitrogens with one attached hydrogen (secondary N) is 1. The first kappa shape index (κ1) is 24.1. The number of hydrogen-bond donors (Lipinski definition) is 1. The second kappa shape index (κ2) is 8.96. The number of hydrogen-bond acceptors (Lipinski definition) is 5. The first-order valence-electron chi connectivity index (χ1n) is 10.7. The quantitative estimate of drug-likeness (QED) is 0.511. The lowest BCUT2D eigenvalue weighted by Crippen LogP contribution is -2.43. The van der Waals surface area contributed by atoms with Crippen molar-refractivity contribution < 1.29 is 26.0 Å². The molecule has 0 amide bonds. The van der Waals surface area contributed by atoms with Crippen LogP contribution in [0.3, 0.4) is 0 Å². The smallest absolute Gasteiger partial charge is 0.334 e. The monoisotopic (exact) mass is 495 g/mol. The van der Waals surface area contributed by atoms with Crippen molar-refractivity contribution in [1.29, 1.82) is 5.26 Å². The molecule has 2 aromatic heterocycles. The van der Waals surface area contributed by atoms with Crippen LogP contribution in [0, 0.1) is 17.1 Å². The SMILES string of the molecule is C[C@H](NS(=O)(=O)c1cnc(-c2c(C#N)c3ccc(F)cc3n2C2CCCCC2)nc1)C(F)(F)F. The average Bonchev–Trinajstić information content (AvgIpc) is 3.12. The van der Waals surface area contributed by atoms with Gasteiger partial charge >= 0.3 is 6.18 Å². The Kier molecular flexibility index (Phi) is 6.35. The molecule has 0 saturated heterocycles. The van der Waals surface area contributed by atoms with Gasteiger partial charge in [-0.25, -0.2) is 22.8 Å².